The lowest BCUT2D eigenvalue weighted by Gasteiger charge is -2.23. The molecule has 0 saturated heterocycles. The Morgan fingerprint density at radius 3 is 2.84 bits per heavy atom. The number of thioether (sulfide) groups is 1. The van der Waals surface area contributed by atoms with Crippen LogP contribution >= 0.6 is 23.4 Å². The zero-order chi connectivity index (χ0) is 13.8. The minimum Gasteiger partial charge on any atom is -0.352 e. The lowest BCUT2D eigenvalue weighted by atomic mass is 10.0. The number of carbonyl (C=O) groups is 1. The average Bonchev–Trinajstić information content (AvgIpc) is 2.81. The van der Waals surface area contributed by atoms with Crippen LogP contribution < -0.4 is 5.32 Å². The smallest absolute Gasteiger partial charge is 0.234 e. The van der Waals surface area contributed by atoms with Gasteiger partial charge in [-0.3, -0.25) is 4.79 Å². The Morgan fingerprint density at radius 1 is 1.47 bits per heavy atom. The predicted octanol–water partition coefficient (Wildman–Crippen LogP) is 3.47. The molecule has 104 valence electrons. The van der Waals surface area contributed by atoms with Gasteiger partial charge in [-0.1, -0.05) is 32.0 Å². The summed E-state index contributed by atoms with van der Waals surface area (Å²) in [5.41, 5.74) is 1.28. The lowest BCUT2D eigenvalue weighted by Crippen LogP contribution is -2.43. The Balaban J connectivity index is 1.95. The van der Waals surface area contributed by atoms with Gasteiger partial charge in [-0.25, -0.2) is 0 Å². The van der Waals surface area contributed by atoms with E-state index < -0.39 is 0 Å². The third-order valence-corrected chi connectivity index (χ3v) is 5.03. The number of hydrogen-bond donors (Lipinski definition) is 1. The van der Waals surface area contributed by atoms with Crippen molar-refractivity contribution in [2.24, 2.45) is 5.92 Å². The molecule has 2 unspecified atom stereocenters. The van der Waals surface area contributed by atoms with Gasteiger partial charge in [0.05, 0.1) is 5.25 Å². The first kappa shape index (κ1) is 14.7. The van der Waals surface area contributed by atoms with Crippen molar-refractivity contribution in [1.29, 1.82) is 0 Å². The summed E-state index contributed by atoms with van der Waals surface area (Å²) in [5, 5.41) is 3.16. The molecular formula is C15H20ClNOS. The third-order valence-electron chi connectivity index (χ3n) is 3.49. The molecule has 0 bridgehead atoms. The molecular weight excluding hydrogens is 278 g/mol. The topological polar surface area (TPSA) is 29.1 Å². The van der Waals surface area contributed by atoms with Gasteiger partial charge in [0.15, 0.2) is 0 Å². The molecule has 0 aliphatic carbocycles. The Labute approximate surface area is 124 Å². The van der Waals surface area contributed by atoms with Crippen LogP contribution in [0, 0.1) is 5.92 Å². The third kappa shape index (κ3) is 3.67. The molecule has 19 heavy (non-hydrogen) atoms. The second-order valence-corrected chi connectivity index (χ2v) is 6.88. The van der Waals surface area contributed by atoms with Crippen molar-refractivity contribution < 1.29 is 4.79 Å². The molecule has 0 saturated carbocycles. The molecule has 1 aliphatic heterocycles. The molecule has 2 rings (SSSR count). The summed E-state index contributed by atoms with van der Waals surface area (Å²) < 4.78 is 0. The number of hydrogen-bond acceptors (Lipinski definition) is 2. The van der Waals surface area contributed by atoms with Crippen LogP contribution in [0.4, 0.5) is 0 Å². The van der Waals surface area contributed by atoms with E-state index in [9.17, 15) is 4.79 Å². The highest BCUT2D eigenvalue weighted by molar-refractivity contribution is 8.01. The number of carbonyl (C=O) groups excluding carboxylic acids is 1. The second-order valence-electron chi connectivity index (χ2n) is 5.26. The van der Waals surface area contributed by atoms with Crippen LogP contribution in [0.2, 0.25) is 0 Å². The Morgan fingerprint density at radius 2 is 2.21 bits per heavy atom. The molecule has 1 aliphatic rings. The first-order chi connectivity index (χ1) is 9.11. The molecule has 1 heterocycles. The molecule has 1 N–H and O–H groups in total. The van der Waals surface area contributed by atoms with E-state index in [-0.39, 0.29) is 17.2 Å². The van der Waals surface area contributed by atoms with Crippen molar-refractivity contribution in [3.05, 3.63) is 29.8 Å². The molecule has 4 heteroatoms. The highest BCUT2D eigenvalue weighted by Gasteiger charge is 2.29. The van der Waals surface area contributed by atoms with Gasteiger partial charge in [-0.2, -0.15) is 0 Å². The summed E-state index contributed by atoms with van der Waals surface area (Å²) in [7, 11) is 0. The zero-order valence-corrected chi connectivity index (χ0v) is 12.9. The normalized spacial score (nSPS) is 19.3. The number of nitrogens with one attached hydrogen (secondary N) is 1. The van der Waals surface area contributed by atoms with Crippen LogP contribution in [0.15, 0.2) is 29.2 Å². The van der Waals surface area contributed by atoms with Gasteiger partial charge in [0.2, 0.25) is 5.91 Å². The molecule has 0 aromatic heterocycles. The van der Waals surface area contributed by atoms with Crippen LogP contribution in [0.25, 0.3) is 0 Å². The van der Waals surface area contributed by atoms with E-state index >= 15 is 0 Å². The fourth-order valence-corrected chi connectivity index (χ4v) is 3.73. The molecule has 0 radical (unpaired) electrons. The first-order valence-corrected chi connectivity index (χ1v) is 8.14. The minimum atomic E-state index is 0.00831. The van der Waals surface area contributed by atoms with Gasteiger partial charge >= 0.3 is 0 Å². The summed E-state index contributed by atoms with van der Waals surface area (Å²) >= 11 is 7.47. The second kappa shape index (κ2) is 6.67. The molecule has 1 amide bonds. The van der Waals surface area contributed by atoms with E-state index in [0.29, 0.717) is 11.8 Å². The number of rotatable bonds is 5. The fourth-order valence-electron chi connectivity index (χ4n) is 2.29. The van der Waals surface area contributed by atoms with E-state index in [2.05, 4.69) is 31.3 Å². The van der Waals surface area contributed by atoms with Gasteiger partial charge in [-0.15, -0.1) is 23.4 Å². The summed E-state index contributed by atoms with van der Waals surface area (Å²) in [4.78, 5) is 13.6. The number of halogens is 1. The van der Waals surface area contributed by atoms with Crippen LogP contribution in [0.3, 0.4) is 0 Å². The van der Waals surface area contributed by atoms with Crippen LogP contribution in [-0.4, -0.2) is 23.1 Å². The van der Waals surface area contributed by atoms with E-state index in [0.717, 1.165) is 12.8 Å². The summed E-state index contributed by atoms with van der Waals surface area (Å²) in [6, 6.07) is 8.43. The van der Waals surface area contributed by atoms with Crippen LogP contribution in [-0.2, 0) is 11.2 Å². The number of benzene rings is 1. The highest BCUT2D eigenvalue weighted by Crippen LogP contribution is 2.36. The van der Waals surface area contributed by atoms with E-state index in [1.807, 2.05) is 12.1 Å². The highest BCUT2D eigenvalue weighted by atomic mass is 35.5. The maximum atomic E-state index is 12.3. The van der Waals surface area contributed by atoms with Gasteiger partial charge in [0, 0.05) is 16.8 Å². The Hall–Kier alpha value is -0.670. The zero-order valence-electron chi connectivity index (χ0n) is 11.4. The first-order valence-electron chi connectivity index (χ1n) is 6.72. The van der Waals surface area contributed by atoms with Crippen LogP contribution in [0.1, 0.15) is 25.8 Å². The van der Waals surface area contributed by atoms with E-state index in [1.54, 1.807) is 11.8 Å². The number of fused-ring (bicyclic) bond motifs is 1. The fraction of sp³-hybridized carbons (Fsp3) is 0.533. The Kier molecular flexibility index (Phi) is 5.17. The van der Waals surface area contributed by atoms with Crippen molar-refractivity contribution in [1.82, 2.24) is 5.32 Å². The maximum absolute atomic E-state index is 12.3. The van der Waals surface area contributed by atoms with Crippen molar-refractivity contribution in [3.8, 4) is 0 Å². The predicted molar refractivity (Wildman–Crippen MR) is 81.9 cm³/mol. The minimum absolute atomic E-state index is 0.00831. The van der Waals surface area contributed by atoms with Gasteiger partial charge in [-0.05, 0) is 30.4 Å². The number of amides is 1. The summed E-state index contributed by atoms with van der Waals surface area (Å²) in [6.45, 7) is 4.24. The van der Waals surface area contributed by atoms with E-state index in [1.165, 1.54) is 10.5 Å². The molecule has 0 spiro atoms. The SMILES string of the molecule is CC(C)C(CCCl)NC(=O)C1Cc2ccccc2S1. The summed E-state index contributed by atoms with van der Waals surface area (Å²) in [5.74, 6) is 1.14. The van der Waals surface area contributed by atoms with Gasteiger partial charge in [0.1, 0.15) is 0 Å². The van der Waals surface area contributed by atoms with Crippen molar-refractivity contribution >= 4 is 29.3 Å². The largest absolute Gasteiger partial charge is 0.352 e. The van der Waals surface area contributed by atoms with E-state index in [4.69, 9.17) is 11.6 Å². The molecule has 1 aromatic rings. The average molecular weight is 298 g/mol. The lowest BCUT2D eigenvalue weighted by molar-refractivity contribution is -0.121. The van der Waals surface area contributed by atoms with Crippen molar-refractivity contribution in [3.63, 3.8) is 0 Å². The quantitative estimate of drug-likeness (QED) is 0.843. The van der Waals surface area contributed by atoms with Gasteiger partial charge < -0.3 is 5.32 Å². The Bertz CT molecular complexity index is 425. The number of alkyl halides is 1. The maximum Gasteiger partial charge on any atom is 0.234 e. The molecule has 1 aromatic carbocycles. The molecule has 0 fully saturated rings. The van der Waals surface area contributed by atoms with Crippen LogP contribution in [0.5, 0.6) is 0 Å². The summed E-state index contributed by atoms with van der Waals surface area (Å²) in [6.07, 6.45) is 1.66. The standard InChI is InChI=1S/C15H20ClNOS/c1-10(2)12(7-8-16)17-15(18)14-9-11-5-3-4-6-13(11)19-14/h3-6,10,12,14H,7-9H2,1-2H3,(H,17,18). The molecule has 2 nitrogen and oxygen atoms in total. The van der Waals surface area contributed by atoms with Gasteiger partial charge in [0.25, 0.3) is 0 Å². The monoisotopic (exact) mass is 297 g/mol. The van der Waals surface area contributed by atoms with Crippen molar-refractivity contribution in [2.45, 2.75) is 42.9 Å². The van der Waals surface area contributed by atoms with Crippen molar-refractivity contribution in [2.75, 3.05) is 5.88 Å². The molecule has 2 atom stereocenters.